The van der Waals surface area contributed by atoms with Crippen LogP contribution >= 0.6 is 0 Å². The number of hydrogen-bond donors (Lipinski definition) is 1. The molecule has 0 spiro atoms. The minimum atomic E-state index is -0.227. The van der Waals surface area contributed by atoms with E-state index in [1.807, 2.05) is 4.81 Å². The molecule has 1 rings (SSSR count). The Kier molecular flexibility index (Phi) is 1.09. The van der Waals surface area contributed by atoms with Gasteiger partial charge in [0.25, 0.3) is 0 Å². The minimum Gasteiger partial charge on any atom is -0.437 e. The van der Waals surface area contributed by atoms with Crippen molar-refractivity contribution in [1.29, 1.82) is 0 Å². The molecule has 0 aliphatic carbocycles. The van der Waals surface area contributed by atoms with E-state index in [1.165, 1.54) is 0 Å². The van der Waals surface area contributed by atoms with Crippen molar-refractivity contribution in [3.8, 4) is 0 Å². The smallest absolute Gasteiger partial charge is 0.376 e. The molecule has 1 N–H and O–H groups in total. The highest BCUT2D eigenvalue weighted by molar-refractivity contribution is 6.46. The van der Waals surface area contributed by atoms with Gasteiger partial charge in [-0.25, -0.2) is 0 Å². The third-order valence-electron chi connectivity index (χ3n) is 1.39. The Balaban J connectivity index is 2.20. The number of nitrogens with zero attached hydrogens (tertiary/aromatic N) is 1. The molecule has 0 aromatic rings. The van der Waals surface area contributed by atoms with Gasteiger partial charge in [0.2, 0.25) is 0 Å². The van der Waals surface area contributed by atoms with Crippen molar-refractivity contribution in [2.75, 3.05) is 6.54 Å². The van der Waals surface area contributed by atoms with Gasteiger partial charge in [-0.15, -0.1) is 0 Å². The van der Waals surface area contributed by atoms with Gasteiger partial charge in [0.15, 0.2) is 0 Å². The highest BCUT2D eigenvalue weighted by Crippen LogP contribution is 2.15. The lowest BCUT2D eigenvalue weighted by Crippen LogP contribution is -2.20. The van der Waals surface area contributed by atoms with Crippen LogP contribution in [0.4, 0.5) is 0 Å². The topological polar surface area (TPSA) is 23.2 Å². The lowest BCUT2D eigenvalue weighted by atomic mass is 9.89. The van der Waals surface area contributed by atoms with E-state index in [0.29, 0.717) is 6.04 Å². The maximum absolute atomic E-state index is 8.79. The van der Waals surface area contributed by atoms with Crippen molar-refractivity contribution in [3.63, 3.8) is 0 Å². The first-order valence-corrected chi connectivity index (χ1v) is 2.65. The first-order valence-electron chi connectivity index (χ1n) is 2.65. The molecule has 2 atom stereocenters. The maximum Gasteiger partial charge on any atom is 0.376 e. The summed E-state index contributed by atoms with van der Waals surface area (Å²) in [6.45, 7) is 4.97. The first-order chi connectivity index (χ1) is 3.22. The molecule has 1 unspecified atom stereocenters. The zero-order valence-corrected chi connectivity index (χ0v) is 4.76. The van der Waals surface area contributed by atoms with Crippen LogP contribution in [-0.4, -0.2) is 29.5 Å². The van der Waals surface area contributed by atoms with Gasteiger partial charge < -0.3 is 9.83 Å². The van der Waals surface area contributed by atoms with Gasteiger partial charge in [0, 0.05) is 12.6 Å². The molecule has 0 aromatic heterocycles. The summed E-state index contributed by atoms with van der Waals surface area (Å²) in [5.41, 5.74) is 0. The van der Waals surface area contributed by atoms with Crippen LogP contribution in [0.15, 0.2) is 0 Å². The second-order valence-electron chi connectivity index (χ2n) is 2.18. The second-order valence-corrected chi connectivity index (χ2v) is 2.18. The van der Waals surface area contributed by atoms with E-state index in [0.717, 1.165) is 6.54 Å². The standard InChI is InChI=1S/C4H10BNO/c1-4-3-6(4)5(2)7/h4,7H,3H2,1-2H3/t4-,6?/m0/s1. The number of rotatable bonds is 1. The molecule has 1 aliphatic heterocycles. The Labute approximate surface area is 44.3 Å². The van der Waals surface area contributed by atoms with Crippen molar-refractivity contribution in [2.24, 2.45) is 0 Å². The van der Waals surface area contributed by atoms with Crippen LogP contribution in [-0.2, 0) is 0 Å². The molecule has 2 nitrogen and oxygen atoms in total. The fourth-order valence-electron chi connectivity index (χ4n) is 0.779. The Morgan fingerprint density at radius 2 is 2.29 bits per heavy atom. The van der Waals surface area contributed by atoms with Crippen molar-refractivity contribution in [3.05, 3.63) is 0 Å². The molecule has 0 saturated carbocycles. The summed E-state index contributed by atoms with van der Waals surface area (Å²) in [4.78, 5) is 2.01. The highest BCUT2D eigenvalue weighted by Gasteiger charge is 2.34. The van der Waals surface area contributed by atoms with Crippen LogP contribution in [0.5, 0.6) is 0 Å². The zero-order chi connectivity index (χ0) is 5.44. The molecule has 40 valence electrons. The molecule has 0 bridgehead atoms. The monoisotopic (exact) mass is 99.1 g/mol. The average Bonchev–Trinajstić information content (AvgIpc) is 2.17. The Morgan fingerprint density at radius 1 is 1.86 bits per heavy atom. The highest BCUT2D eigenvalue weighted by atomic mass is 16.2. The van der Waals surface area contributed by atoms with E-state index in [-0.39, 0.29) is 7.05 Å². The quantitative estimate of drug-likeness (QED) is 0.363. The van der Waals surface area contributed by atoms with E-state index < -0.39 is 0 Å². The molecule has 0 radical (unpaired) electrons. The lowest BCUT2D eigenvalue weighted by Gasteiger charge is -1.95. The summed E-state index contributed by atoms with van der Waals surface area (Å²) in [5.74, 6) is 0. The van der Waals surface area contributed by atoms with Gasteiger partial charge in [-0.2, -0.15) is 0 Å². The molecule has 0 amide bonds. The predicted octanol–water partition coefficient (Wildman–Crippen LogP) is -0.199. The van der Waals surface area contributed by atoms with Gasteiger partial charge in [-0.05, 0) is 13.7 Å². The predicted molar refractivity (Wildman–Crippen MR) is 30.0 cm³/mol. The van der Waals surface area contributed by atoms with Crippen LogP contribution in [0.25, 0.3) is 0 Å². The molecule has 3 heteroatoms. The summed E-state index contributed by atoms with van der Waals surface area (Å²) >= 11 is 0. The van der Waals surface area contributed by atoms with Gasteiger partial charge in [-0.1, -0.05) is 0 Å². The third kappa shape index (κ3) is 0.953. The SMILES string of the molecule is CB(O)N1C[C@@H]1C. The largest absolute Gasteiger partial charge is 0.437 e. The summed E-state index contributed by atoms with van der Waals surface area (Å²) in [6, 6.07) is 0.625. The molecule has 1 aliphatic rings. The van der Waals surface area contributed by atoms with E-state index in [4.69, 9.17) is 5.02 Å². The van der Waals surface area contributed by atoms with Gasteiger partial charge >= 0.3 is 7.05 Å². The third-order valence-corrected chi connectivity index (χ3v) is 1.39. The van der Waals surface area contributed by atoms with E-state index in [9.17, 15) is 0 Å². The molecule has 0 aromatic carbocycles. The maximum atomic E-state index is 8.79. The summed E-state index contributed by atoms with van der Waals surface area (Å²) < 4.78 is 0. The molecular formula is C4H10BNO. The van der Waals surface area contributed by atoms with E-state index in [2.05, 4.69) is 6.92 Å². The minimum absolute atomic E-state index is 0.227. The van der Waals surface area contributed by atoms with Crippen LogP contribution in [0.2, 0.25) is 6.82 Å². The zero-order valence-electron chi connectivity index (χ0n) is 4.76. The van der Waals surface area contributed by atoms with Crippen molar-refractivity contribution >= 4 is 7.05 Å². The van der Waals surface area contributed by atoms with Crippen LogP contribution in [0.1, 0.15) is 6.92 Å². The van der Waals surface area contributed by atoms with Crippen LogP contribution in [0, 0.1) is 0 Å². The number of hydrogen-bond acceptors (Lipinski definition) is 2. The Morgan fingerprint density at radius 3 is 2.29 bits per heavy atom. The van der Waals surface area contributed by atoms with Crippen molar-refractivity contribution < 1.29 is 5.02 Å². The van der Waals surface area contributed by atoms with Crippen molar-refractivity contribution in [2.45, 2.75) is 19.8 Å². The normalized spacial score (nSPS) is 38.1. The first kappa shape index (κ1) is 5.13. The Bertz CT molecular complexity index is 76.1. The van der Waals surface area contributed by atoms with Crippen LogP contribution < -0.4 is 0 Å². The summed E-state index contributed by atoms with van der Waals surface area (Å²) in [7, 11) is -0.227. The lowest BCUT2D eigenvalue weighted by molar-refractivity contribution is 0.514. The fraction of sp³-hybridized carbons (Fsp3) is 1.00. The van der Waals surface area contributed by atoms with Gasteiger partial charge in [-0.3, -0.25) is 0 Å². The van der Waals surface area contributed by atoms with Gasteiger partial charge in [0.1, 0.15) is 0 Å². The Hall–Kier alpha value is -0.0151. The van der Waals surface area contributed by atoms with Crippen molar-refractivity contribution in [1.82, 2.24) is 4.81 Å². The summed E-state index contributed by atoms with van der Waals surface area (Å²) in [5, 5.41) is 8.79. The molecule has 1 saturated heterocycles. The van der Waals surface area contributed by atoms with E-state index >= 15 is 0 Å². The molecule has 1 heterocycles. The molecular weight excluding hydrogens is 88.9 g/mol. The van der Waals surface area contributed by atoms with Gasteiger partial charge in [0.05, 0.1) is 0 Å². The van der Waals surface area contributed by atoms with Crippen LogP contribution in [0.3, 0.4) is 0 Å². The molecule has 1 fully saturated rings. The average molecular weight is 98.9 g/mol. The summed E-state index contributed by atoms with van der Waals surface area (Å²) in [6.07, 6.45) is 0. The second kappa shape index (κ2) is 1.49. The van der Waals surface area contributed by atoms with E-state index in [1.54, 1.807) is 6.82 Å². The molecule has 7 heavy (non-hydrogen) atoms. The fourth-order valence-corrected chi connectivity index (χ4v) is 0.779.